The van der Waals surface area contributed by atoms with Gasteiger partial charge in [-0.1, -0.05) is 28.9 Å². The molecule has 0 aliphatic carbocycles. The Morgan fingerprint density at radius 2 is 2.40 bits per heavy atom. The molecule has 15 heavy (non-hydrogen) atoms. The Morgan fingerprint density at radius 1 is 1.67 bits per heavy atom. The van der Waals surface area contributed by atoms with Crippen molar-refractivity contribution in [3.8, 4) is 0 Å². The molecule has 0 aliphatic heterocycles. The average molecular weight is 271 g/mol. The summed E-state index contributed by atoms with van der Waals surface area (Å²) in [4.78, 5) is 17.4. The summed E-state index contributed by atoms with van der Waals surface area (Å²) in [6, 6.07) is 3.84. The molecular weight excluding hydrogens is 256 g/mol. The molecule has 0 aliphatic rings. The monoisotopic (exact) mass is 270 g/mol. The Bertz CT molecular complexity index is 316. The Kier molecular flexibility index (Phi) is 4.75. The van der Waals surface area contributed by atoms with Crippen molar-refractivity contribution in [3.63, 3.8) is 0 Å². The van der Waals surface area contributed by atoms with Gasteiger partial charge >= 0.3 is 0 Å². The second kappa shape index (κ2) is 5.85. The van der Waals surface area contributed by atoms with Gasteiger partial charge in [-0.05, 0) is 18.1 Å². The molecule has 4 heteroatoms. The van der Waals surface area contributed by atoms with Crippen LogP contribution in [0.3, 0.4) is 0 Å². The third kappa shape index (κ3) is 3.63. The van der Waals surface area contributed by atoms with E-state index in [0.717, 1.165) is 12.0 Å². The first kappa shape index (κ1) is 12.2. The molecule has 0 saturated carbocycles. The molecule has 0 spiro atoms. The first-order valence-corrected chi connectivity index (χ1v) is 5.84. The maximum absolute atomic E-state index is 11.7. The van der Waals surface area contributed by atoms with Gasteiger partial charge in [0.2, 0.25) is 5.91 Å². The number of carbonyl (C=O) groups excluding carboxylic acids is 1. The van der Waals surface area contributed by atoms with Crippen LogP contribution in [0.5, 0.6) is 0 Å². The molecule has 0 aromatic carbocycles. The highest BCUT2D eigenvalue weighted by Crippen LogP contribution is 2.10. The Labute approximate surface area is 98.6 Å². The topological polar surface area (TPSA) is 33.2 Å². The molecule has 1 rings (SSSR count). The van der Waals surface area contributed by atoms with Crippen LogP contribution < -0.4 is 0 Å². The van der Waals surface area contributed by atoms with Gasteiger partial charge in [-0.15, -0.1) is 0 Å². The minimum absolute atomic E-state index is 0.0841. The number of carbonyl (C=O) groups is 1. The van der Waals surface area contributed by atoms with E-state index in [1.165, 1.54) is 0 Å². The fourth-order valence-electron chi connectivity index (χ4n) is 1.26. The van der Waals surface area contributed by atoms with E-state index in [-0.39, 0.29) is 10.7 Å². The van der Waals surface area contributed by atoms with Gasteiger partial charge in [0.15, 0.2) is 0 Å². The normalized spacial score (nSPS) is 12.2. The molecule has 1 atom stereocenters. The number of hydrogen-bond acceptors (Lipinski definition) is 2. The van der Waals surface area contributed by atoms with E-state index in [4.69, 9.17) is 0 Å². The lowest BCUT2D eigenvalue weighted by Gasteiger charge is -2.19. The maximum atomic E-state index is 11.7. The molecule has 1 unspecified atom stereocenters. The smallest absolute Gasteiger partial charge is 0.236 e. The summed E-state index contributed by atoms with van der Waals surface area (Å²) < 4.78 is 0. The Morgan fingerprint density at radius 3 is 2.93 bits per heavy atom. The summed E-state index contributed by atoms with van der Waals surface area (Å²) in [5.41, 5.74) is 1.05. The van der Waals surface area contributed by atoms with E-state index in [1.54, 1.807) is 24.3 Å². The predicted molar refractivity (Wildman–Crippen MR) is 63.7 cm³/mol. The van der Waals surface area contributed by atoms with Crippen LogP contribution in [0, 0.1) is 0 Å². The first-order valence-electron chi connectivity index (χ1n) is 4.93. The molecule has 1 amide bonds. The number of alkyl halides is 1. The second-order valence-corrected chi connectivity index (χ2v) is 4.54. The SMILES string of the molecule is CCC(Br)C(=O)N(C)Cc1cccnc1. The van der Waals surface area contributed by atoms with Crippen molar-refractivity contribution < 1.29 is 4.79 Å². The van der Waals surface area contributed by atoms with Crippen molar-refractivity contribution in [2.45, 2.75) is 24.7 Å². The van der Waals surface area contributed by atoms with E-state index < -0.39 is 0 Å². The summed E-state index contributed by atoms with van der Waals surface area (Å²) in [6.45, 7) is 2.59. The van der Waals surface area contributed by atoms with Gasteiger partial charge in [0, 0.05) is 26.0 Å². The number of pyridine rings is 1. The van der Waals surface area contributed by atoms with Crippen molar-refractivity contribution in [2.75, 3.05) is 7.05 Å². The molecule has 1 heterocycles. The number of amides is 1. The van der Waals surface area contributed by atoms with Gasteiger partial charge in [0.25, 0.3) is 0 Å². The number of hydrogen-bond donors (Lipinski definition) is 0. The van der Waals surface area contributed by atoms with Crippen LogP contribution in [-0.2, 0) is 11.3 Å². The molecule has 82 valence electrons. The van der Waals surface area contributed by atoms with Gasteiger partial charge in [-0.2, -0.15) is 0 Å². The van der Waals surface area contributed by atoms with Crippen molar-refractivity contribution in [3.05, 3.63) is 30.1 Å². The number of nitrogens with zero attached hydrogens (tertiary/aromatic N) is 2. The zero-order valence-electron chi connectivity index (χ0n) is 8.98. The van der Waals surface area contributed by atoms with Gasteiger partial charge in [-0.25, -0.2) is 0 Å². The third-order valence-corrected chi connectivity index (χ3v) is 3.18. The van der Waals surface area contributed by atoms with E-state index in [1.807, 2.05) is 19.1 Å². The van der Waals surface area contributed by atoms with Gasteiger partial charge in [0.1, 0.15) is 0 Å². The van der Waals surface area contributed by atoms with Crippen molar-refractivity contribution in [2.24, 2.45) is 0 Å². The standard InChI is InChI=1S/C11H15BrN2O/c1-3-10(12)11(15)14(2)8-9-5-4-6-13-7-9/h4-7,10H,3,8H2,1-2H3. The van der Waals surface area contributed by atoms with Crippen molar-refractivity contribution in [1.82, 2.24) is 9.88 Å². The molecule has 1 aromatic rings. The molecule has 0 bridgehead atoms. The summed E-state index contributed by atoms with van der Waals surface area (Å²) in [6.07, 6.45) is 4.31. The molecule has 0 fully saturated rings. The minimum atomic E-state index is -0.0841. The van der Waals surface area contributed by atoms with E-state index in [9.17, 15) is 4.79 Å². The fourth-order valence-corrected chi connectivity index (χ4v) is 1.61. The lowest BCUT2D eigenvalue weighted by molar-refractivity contribution is -0.129. The first-order chi connectivity index (χ1) is 7.15. The van der Waals surface area contributed by atoms with E-state index in [0.29, 0.717) is 6.54 Å². The summed E-state index contributed by atoms with van der Waals surface area (Å²) in [5.74, 6) is 0.112. The number of halogens is 1. The van der Waals surface area contributed by atoms with E-state index in [2.05, 4.69) is 20.9 Å². The van der Waals surface area contributed by atoms with Crippen molar-refractivity contribution in [1.29, 1.82) is 0 Å². The average Bonchev–Trinajstić information content (AvgIpc) is 2.28. The van der Waals surface area contributed by atoms with Crippen LogP contribution in [0.1, 0.15) is 18.9 Å². The Balaban J connectivity index is 2.56. The summed E-state index contributed by atoms with van der Waals surface area (Å²) in [5, 5.41) is 0. The fraction of sp³-hybridized carbons (Fsp3) is 0.455. The molecule has 1 aromatic heterocycles. The molecule has 0 N–H and O–H groups in total. The second-order valence-electron chi connectivity index (χ2n) is 3.43. The maximum Gasteiger partial charge on any atom is 0.236 e. The van der Waals surface area contributed by atoms with Gasteiger partial charge < -0.3 is 4.90 Å². The van der Waals surface area contributed by atoms with Crippen LogP contribution >= 0.6 is 15.9 Å². The molecule has 3 nitrogen and oxygen atoms in total. The highest BCUT2D eigenvalue weighted by atomic mass is 79.9. The zero-order valence-corrected chi connectivity index (χ0v) is 10.6. The highest BCUT2D eigenvalue weighted by molar-refractivity contribution is 9.10. The highest BCUT2D eigenvalue weighted by Gasteiger charge is 2.16. The quantitative estimate of drug-likeness (QED) is 0.787. The molecule has 0 radical (unpaired) electrons. The van der Waals surface area contributed by atoms with Gasteiger partial charge in [-0.3, -0.25) is 9.78 Å². The largest absolute Gasteiger partial charge is 0.340 e. The van der Waals surface area contributed by atoms with E-state index >= 15 is 0 Å². The van der Waals surface area contributed by atoms with Crippen LogP contribution in [0.2, 0.25) is 0 Å². The summed E-state index contributed by atoms with van der Waals surface area (Å²) in [7, 11) is 1.80. The van der Waals surface area contributed by atoms with Crippen LogP contribution in [-0.4, -0.2) is 27.7 Å². The third-order valence-electron chi connectivity index (χ3n) is 2.15. The number of rotatable bonds is 4. The Hall–Kier alpha value is -0.900. The number of aromatic nitrogens is 1. The van der Waals surface area contributed by atoms with Crippen LogP contribution in [0.4, 0.5) is 0 Å². The zero-order chi connectivity index (χ0) is 11.3. The lowest BCUT2D eigenvalue weighted by atomic mass is 10.2. The van der Waals surface area contributed by atoms with Gasteiger partial charge in [0.05, 0.1) is 4.83 Å². The predicted octanol–water partition coefficient (Wildman–Crippen LogP) is 2.21. The van der Waals surface area contributed by atoms with Crippen LogP contribution in [0.25, 0.3) is 0 Å². The van der Waals surface area contributed by atoms with Crippen molar-refractivity contribution >= 4 is 21.8 Å². The lowest BCUT2D eigenvalue weighted by Crippen LogP contribution is -2.32. The van der Waals surface area contributed by atoms with Crippen LogP contribution in [0.15, 0.2) is 24.5 Å². The molecular formula is C11H15BrN2O. The minimum Gasteiger partial charge on any atom is -0.340 e. The molecule has 0 saturated heterocycles. The summed E-state index contributed by atoms with van der Waals surface area (Å²) >= 11 is 3.35.